The van der Waals surface area contributed by atoms with E-state index in [0.29, 0.717) is 11.7 Å². The van der Waals surface area contributed by atoms with Crippen LogP contribution in [0.3, 0.4) is 0 Å². The van der Waals surface area contributed by atoms with Crippen molar-refractivity contribution in [3.8, 4) is 0 Å². The largest absolute Gasteiger partial charge is 0.295 e. The number of fused-ring (bicyclic) bond motifs is 1. The molecule has 1 heteroatoms. The second-order valence-corrected chi connectivity index (χ2v) is 5.56. The maximum atomic E-state index is 12.3. The number of hydrogen-bond acceptors (Lipinski definition) is 1. The Kier molecular flexibility index (Phi) is 3.31. The molecule has 3 rings (SSSR count). The number of allylic oxidation sites excluding steroid dienone is 2. The van der Waals surface area contributed by atoms with Gasteiger partial charge in [-0.25, -0.2) is 0 Å². The Morgan fingerprint density at radius 3 is 2.94 bits per heavy atom. The van der Waals surface area contributed by atoms with Gasteiger partial charge in [0.15, 0.2) is 5.78 Å². The molecule has 0 aliphatic heterocycles. The smallest absolute Gasteiger partial charge is 0.159 e. The molecule has 0 saturated carbocycles. The quantitative estimate of drug-likeness (QED) is 0.774. The molecule has 0 radical (unpaired) electrons. The van der Waals surface area contributed by atoms with E-state index in [1.807, 2.05) is 0 Å². The third-order valence-electron chi connectivity index (χ3n) is 4.29. The number of benzene rings is 1. The van der Waals surface area contributed by atoms with Crippen LogP contribution in [0.25, 0.3) is 0 Å². The minimum absolute atomic E-state index is 0.399. The van der Waals surface area contributed by atoms with Crippen molar-refractivity contribution in [1.82, 2.24) is 0 Å². The summed E-state index contributed by atoms with van der Waals surface area (Å²) in [6, 6.07) is 8.53. The summed E-state index contributed by atoms with van der Waals surface area (Å²) in [7, 11) is 0. The number of carbonyl (C=O) groups excluding carboxylic acids is 1. The standard InChI is InChI=1S/C17H20O/c18-17(13-7-3-1-2-4-8-13)12-15-11-14-9-5-6-10-16(14)15/h5-7,9-10,15H,1-4,8,11-12H2. The zero-order valence-corrected chi connectivity index (χ0v) is 10.8. The van der Waals surface area contributed by atoms with E-state index in [4.69, 9.17) is 0 Å². The number of rotatable bonds is 3. The molecular formula is C17H20O. The second kappa shape index (κ2) is 5.09. The molecule has 0 amide bonds. The molecule has 94 valence electrons. The highest BCUT2D eigenvalue weighted by Gasteiger charge is 2.28. The molecule has 1 aromatic rings. The molecule has 0 fully saturated rings. The molecule has 0 saturated heterocycles. The molecule has 2 aliphatic carbocycles. The molecule has 1 unspecified atom stereocenters. The summed E-state index contributed by atoms with van der Waals surface area (Å²) in [6.45, 7) is 0. The van der Waals surface area contributed by atoms with E-state index in [-0.39, 0.29) is 0 Å². The first-order valence-corrected chi connectivity index (χ1v) is 7.14. The Balaban J connectivity index is 1.64. The average molecular weight is 240 g/mol. The van der Waals surface area contributed by atoms with Crippen molar-refractivity contribution >= 4 is 5.78 Å². The lowest BCUT2D eigenvalue weighted by Crippen LogP contribution is -2.20. The van der Waals surface area contributed by atoms with E-state index in [1.54, 1.807) is 0 Å². The van der Waals surface area contributed by atoms with Crippen LogP contribution in [0.2, 0.25) is 0 Å². The predicted molar refractivity (Wildman–Crippen MR) is 73.7 cm³/mol. The van der Waals surface area contributed by atoms with E-state index >= 15 is 0 Å². The normalized spacial score (nSPS) is 22.4. The van der Waals surface area contributed by atoms with E-state index in [9.17, 15) is 4.79 Å². The zero-order valence-electron chi connectivity index (χ0n) is 10.8. The lowest BCUT2D eigenvalue weighted by molar-refractivity contribution is -0.116. The van der Waals surface area contributed by atoms with Gasteiger partial charge in [0.1, 0.15) is 0 Å². The van der Waals surface area contributed by atoms with Crippen molar-refractivity contribution in [3.63, 3.8) is 0 Å². The van der Waals surface area contributed by atoms with Crippen molar-refractivity contribution in [3.05, 3.63) is 47.0 Å². The molecule has 2 aliphatic rings. The number of Topliss-reactive ketones (excluding diaryl/α,β-unsaturated/α-hetero) is 1. The molecule has 0 N–H and O–H groups in total. The van der Waals surface area contributed by atoms with Crippen LogP contribution < -0.4 is 0 Å². The van der Waals surface area contributed by atoms with Crippen LogP contribution in [0.1, 0.15) is 55.6 Å². The lowest BCUT2D eigenvalue weighted by Gasteiger charge is -2.29. The first-order valence-electron chi connectivity index (χ1n) is 7.14. The van der Waals surface area contributed by atoms with Crippen molar-refractivity contribution in [2.24, 2.45) is 0 Å². The van der Waals surface area contributed by atoms with Crippen molar-refractivity contribution < 1.29 is 4.79 Å². The van der Waals surface area contributed by atoms with Crippen molar-refractivity contribution in [2.45, 2.75) is 50.9 Å². The second-order valence-electron chi connectivity index (χ2n) is 5.56. The summed E-state index contributed by atoms with van der Waals surface area (Å²) in [5, 5.41) is 0. The van der Waals surface area contributed by atoms with Gasteiger partial charge < -0.3 is 0 Å². The molecule has 1 nitrogen and oxygen atoms in total. The molecule has 0 aromatic heterocycles. The minimum Gasteiger partial charge on any atom is -0.295 e. The van der Waals surface area contributed by atoms with Gasteiger partial charge in [-0.1, -0.05) is 36.8 Å². The summed E-state index contributed by atoms with van der Waals surface area (Å²) in [5.41, 5.74) is 3.95. The van der Waals surface area contributed by atoms with Crippen LogP contribution in [0, 0.1) is 0 Å². The first-order chi connectivity index (χ1) is 8.84. The molecule has 0 heterocycles. The Bertz CT molecular complexity index is 484. The van der Waals surface area contributed by atoms with Gasteiger partial charge >= 0.3 is 0 Å². The van der Waals surface area contributed by atoms with Crippen LogP contribution in [0.4, 0.5) is 0 Å². The molecule has 0 spiro atoms. The van der Waals surface area contributed by atoms with Gasteiger partial charge in [0, 0.05) is 6.42 Å². The number of ketones is 1. The van der Waals surface area contributed by atoms with Gasteiger partial charge in [-0.2, -0.15) is 0 Å². The third kappa shape index (κ3) is 2.27. The molecule has 0 bridgehead atoms. The van der Waals surface area contributed by atoms with Crippen LogP contribution in [-0.4, -0.2) is 5.78 Å². The Labute approximate surface area is 109 Å². The van der Waals surface area contributed by atoms with Crippen LogP contribution in [0.15, 0.2) is 35.9 Å². The molecule has 1 atom stereocenters. The summed E-state index contributed by atoms with van der Waals surface area (Å²) in [6.07, 6.45) is 9.84. The maximum Gasteiger partial charge on any atom is 0.159 e. The topological polar surface area (TPSA) is 17.1 Å². The Morgan fingerprint density at radius 1 is 1.17 bits per heavy atom. The fourth-order valence-electron chi connectivity index (χ4n) is 3.17. The number of carbonyl (C=O) groups is 1. The SMILES string of the molecule is O=C(CC1Cc2ccccc21)C1=CCCCCC1. The van der Waals surface area contributed by atoms with Gasteiger partial charge in [0.2, 0.25) is 0 Å². The predicted octanol–water partition coefficient (Wildman–Crippen LogP) is 4.18. The Morgan fingerprint density at radius 2 is 2.06 bits per heavy atom. The van der Waals surface area contributed by atoms with Gasteiger partial charge in [-0.15, -0.1) is 0 Å². The fourth-order valence-corrected chi connectivity index (χ4v) is 3.17. The van der Waals surface area contributed by atoms with E-state index < -0.39 is 0 Å². The zero-order chi connectivity index (χ0) is 12.4. The summed E-state index contributed by atoms with van der Waals surface area (Å²) in [5.74, 6) is 0.884. The highest BCUT2D eigenvalue weighted by molar-refractivity contribution is 5.96. The third-order valence-corrected chi connectivity index (χ3v) is 4.29. The lowest BCUT2D eigenvalue weighted by atomic mass is 9.74. The first kappa shape index (κ1) is 11.7. The van der Waals surface area contributed by atoms with Gasteiger partial charge in [-0.05, 0) is 54.7 Å². The van der Waals surface area contributed by atoms with Crippen LogP contribution in [0.5, 0.6) is 0 Å². The van der Waals surface area contributed by atoms with Crippen LogP contribution in [-0.2, 0) is 11.2 Å². The van der Waals surface area contributed by atoms with E-state index in [1.165, 1.54) is 30.4 Å². The fraction of sp³-hybridized carbons (Fsp3) is 0.471. The minimum atomic E-state index is 0.399. The summed E-state index contributed by atoms with van der Waals surface area (Å²) < 4.78 is 0. The monoisotopic (exact) mass is 240 g/mol. The van der Waals surface area contributed by atoms with Gasteiger partial charge in [0.05, 0.1) is 0 Å². The van der Waals surface area contributed by atoms with E-state index in [2.05, 4.69) is 30.3 Å². The van der Waals surface area contributed by atoms with Crippen LogP contribution >= 0.6 is 0 Å². The number of hydrogen-bond donors (Lipinski definition) is 0. The Hall–Kier alpha value is -1.37. The molecule has 18 heavy (non-hydrogen) atoms. The molecule has 1 aromatic carbocycles. The summed E-state index contributed by atoms with van der Waals surface area (Å²) in [4.78, 5) is 12.3. The average Bonchev–Trinajstić information content (AvgIpc) is 2.64. The van der Waals surface area contributed by atoms with Gasteiger partial charge in [0.25, 0.3) is 0 Å². The maximum absolute atomic E-state index is 12.3. The molecular weight excluding hydrogens is 220 g/mol. The van der Waals surface area contributed by atoms with Gasteiger partial charge in [-0.3, -0.25) is 4.79 Å². The van der Waals surface area contributed by atoms with Crippen molar-refractivity contribution in [2.75, 3.05) is 0 Å². The highest BCUT2D eigenvalue weighted by Crippen LogP contribution is 2.38. The van der Waals surface area contributed by atoms with E-state index in [0.717, 1.165) is 31.3 Å². The van der Waals surface area contributed by atoms with Crippen molar-refractivity contribution in [1.29, 1.82) is 0 Å². The summed E-state index contributed by atoms with van der Waals surface area (Å²) >= 11 is 0. The highest BCUT2D eigenvalue weighted by atomic mass is 16.1.